The number of benzene rings is 1. The summed E-state index contributed by atoms with van der Waals surface area (Å²) in [7, 11) is 1.70. The summed E-state index contributed by atoms with van der Waals surface area (Å²) >= 11 is 8.77. The standard InChI is InChI=1S/C15H17Br2NO2S/c1-19-6-5-18-9-11-8-12(2-3-13(11)16)20-10-15-14(17)4-7-21-15/h2-4,7-8,18H,5-6,9-10H2,1H3. The average molecular weight is 435 g/mol. The summed E-state index contributed by atoms with van der Waals surface area (Å²) in [6.45, 7) is 2.90. The van der Waals surface area contributed by atoms with Gasteiger partial charge in [0.15, 0.2) is 0 Å². The smallest absolute Gasteiger partial charge is 0.124 e. The average Bonchev–Trinajstić information content (AvgIpc) is 2.89. The molecule has 1 N–H and O–H groups in total. The molecule has 0 saturated heterocycles. The lowest BCUT2D eigenvalue weighted by atomic mass is 10.2. The molecule has 0 spiro atoms. The Hall–Kier alpha value is -0.400. The van der Waals surface area contributed by atoms with Gasteiger partial charge in [0, 0.05) is 29.1 Å². The second-order valence-electron chi connectivity index (χ2n) is 4.40. The van der Waals surface area contributed by atoms with E-state index < -0.39 is 0 Å². The first kappa shape index (κ1) is 17.0. The van der Waals surface area contributed by atoms with Gasteiger partial charge in [-0.2, -0.15) is 0 Å². The van der Waals surface area contributed by atoms with Crippen LogP contribution in [0.1, 0.15) is 10.4 Å². The molecular formula is C15H17Br2NO2S. The lowest BCUT2D eigenvalue weighted by Gasteiger charge is -2.10. The molecule has 0 aliphatic carbocycles. The van der Waals surface area contributed by atoms with Crippen molar-refractivity contribution >= 4 is 43.2 Å². The van der Waals surface area contributed by atoms with Gasteiger partial charge in [-0.25, -0.2) is 0 Å². The van der Waals surface area contributed by atoms with Crippen molar-refractivity contribution in [3.63, 3.8) is 0 Å². The van der Waals surface area contributed by atoms with Crippen LogP contribution in [0.5, 0.6) is 5.75 Å². The van der Waals surface area contributed by atoms with E-state index in [0.29, 0.717) is 13.2 Å². The zero-order valence-electron chi connectivity index (χ0n) is 11.7. The van der Waals surface area contributed by atoms with Crippen molar-refractivity contribution < 1.29 is 9.47 Å². The van der Waals surface area contributed by atoms with E-state index in [2.05, 4.69) is 48.6 Å². The van der Waals surface area contributed by atoms with E-state index >= 15 is 0 Å². The van der Waals surface area contributed by atoms with E-state index in [0.717, 1.165) is 27.8 Å². The summed E-state index contributed by atoms with van der Waals surface area (Å²) in [6, 6.07) is 8.10. The Morgan fingerprint density at radius 2 is 2.05 bits per heavy atom. The molecule has 3 nitrogen and oxygen atoms in total. The van der Waals surface area contributed by atoms with Gasteiger partial charge in [0.2, 0.25) is 0 Å². The molecule has 0 aliphatic rings. The van der Waals surface area contributed by atoms with E-state index in [-0.39, 0.29) is 0 Å². The van der Waals surface area contributed by atoms with Crippen LogP contribution in [-0.2, 0) is 17.9 Å². The van der Waals surface area contributed by atoms with Crippen molar-refractivity contribution in [2.75, 3.05) is 20.3 Å². The van der Waals surface area contributed by atoms with E-state index in [1.54, 1.807) is 18.4 Å². The fraction of sp³-hybridized carbons (Fsp3) is 0.333. The van der Waals surface area contributed by atoms with Gasteiger partial charge in [0.05, 0.1) is 11.5 Å². The fourth-order valence-electron chi connectivity index (χ4n) is 1.75. The Morgan fingerprint density at radius 3 is 2.76 bits per heavy atom. The van der Waals surface area contributed by atoms with Gasteiger partial charge >= 0.3 is 0 Å². The number of thiophene rings is 1. The summed E-state index contributed by atoms with van der Waals surface area (Å²) in [5, 5.41) is 5.38. The highest BCUT2D eigenvalue weighted by molar-refractivity contribution is 9.10. The third-order valence-electron chi connectivity index (χ3n) is 2.88. The molecule has 1 aromatic carbocycles. The van der Waals surface area contributed by atoms with Crippen molar-refractivity contribution in [2.45, 2.75) is 13.2 Å². The largest absolute Gasteiger partial charge is 0.488 e. The van der Waals surface area contributed by atoms with Crippen LogP contribution in [0.2, 0.25) is 0 Å². The van der Waals surface area contributed by atoms with Crippen LogP contribution >= 0.6 is 43.2 Å². The predicted octanol–water partition coefficient (Wildman–Crippen LogP) is 4.59. The van der Waals surface area contributed by atoms with Crippen LogP contribution < -0.4 is 10.1 Å². The van der Waals surface area contributed by atoms with Crippen molar-refractivity contribution in [2.24, 2.45) is 0 Å². The van der Waals surface area contributed by atoms with Crippen molar-refractivity contribution in [3.8, 4) is 5.75 Å². The molecule has 0 saturated carbocycles. The first-order valence-corrected chi connectivity index (χ1v) is 9.00. The van der Waals surface area contributed by atoms with Crippen molar-refractivity contribution in [1.82, 2.24) is 5.32 Å². The minimum Gasteiger partial charge on any atom is -0.488 e. The molecule has 0 atom stereocenters. The van der Waals surface area contributed by atoms with E-state index in [9.17, 15) is 0 Å². The SMILES string of the molecule is COCCNCc1cc(OCc2sccc2Br)ccc1Br. The van der Waals surface area contributed by atoms with Gasteiger partial charge in [-0.3, -0.25) is 0 Å². The molecule has 1 aromatic heterocycles. The predicted molar refractivity (Wildman–Crippen MR) is 94.1 cm³/mol. The number of methoxy groups -OCH3 is 1. The van der Waals surface area contributed by atoms with Gasteiger partial charge in [0.1, 0.15) is 12.4 Å². The molecule has 2 rings (SSSR count). The Kier molecular flexibility index (Phi) is 7.19. The van der Waals surface area contributed by atoms with Crippen molar-refractivity contribution in [3.05, 3.63) is 49.0 Å². The van der Waals surface area contributed by atoms with E-state index in [1.165, 1.54) is 10.4 Å². The summed E-state index contributed by atoms with van der Waals surface area (Å²) in [5.74, 6) is 0.877. The Bertz CT molecular complexity index is 575. The number of ether oxygens (including phenoxy) is 2. The number of halogens is 2. The summed E-state index contributed by atoms with van der Waals surface area (Å²) in [4.78, 5) is 1.19. The highest BCUT2D eigenvalue weighted by Gasteiger charge is 2.05. The molecule has 0 fully saturated rings. The third-order valence-corrected chi connectivity index (χ3v) is 5.55. The normalized spacial score (nSPS) is 10.8. The lowest BCUT2D eigenvalue weighted by Crippen LogP contribution is -2.18. The second kappa shape index (κ2) is 8.90. The summed E-state index contributed by atoms with van der Waals surface area (Å²) < 4.78 is 13.1. The highest BCUT2D eigenvalue weighted by Crippen LogP contribution is 2.26. The van der Waals surface area contributed by atoms with Crippen LogP contribution in [0.25, 0.3) is 0 Å². The fourth-order valence-corrected chi connectivity index (χ4v) is 3.52. The minimum absolute atomic E-state index is 0.580. The number of hydrogen-bond acceptors (Lipinski definition) is 4. The highest BCUT2D eigenvalue weighted by atomic mass is 79.9. The molecule has 0 amide bonds. The van der Waals surface area contributed by atoms with Gasteiger partial charge < -0.3 is 14.8 Å². The summed E-state index contributed by atoms with van der Waals surface area (Å²) in [5.41, 5.74) is 1.17. The molecule has 0 aliphatic heterocycles. The quantitative estimate of drug-likeness (QED) is 0.616. The minimum atomic E-state index is 0.580. The first-order valence-electron chi connectivity index (χ1n) is 6.53. The molecule has 6 heteroatoms. The summed E-state index contributed by atoms with van der Waals surface area (Å²) in [6.07, 6.45) is 0. The zero-order chi connectivity index (χ0) is 15.1. The van der Waals surface area contributed by atoms with Crippen LogP contribution in [0.3, 0.4) is 0 Å². The van der Waals surface area contributed by atoms with Crippen LogP contribution in [0.4, 0.5) is 0 Å². The Balaban J connectivity index is 1.93. The van der Waals surface area contributed by atoms with Gasteiger partial charge in [-0.05, 0) is 51.1 Å². The number of nitrogens with one attached hydrogen (secondary N) is 1. The van der Waals surface area contributed by atoms with Gasteiger partial charge in [0.25, 0.3) is 0 Å². The van der Waals surface area contributed by atoms with Crippen molar-refractivity contribution in [1.29, 1.82) is 0 Å². The third kappa shape index (κ3) is 5.38. The van der Waals surface area contributed by atoms with Crippen LogP contribution in [0.15, 0.2) is 38.6 Å². The molecule has 0 unspecified atom stereocenters. The molecule has 0 bridgehead atoms. The molecule has 1 heterocycles. The maximum Gasteiger partial charge on any atom is 0.124 e. The zero-order valence-corrected chi connectivity index (χ0v) is 15.7. The second-order valence-corrected chi connectivity index (χ2v) is 7.11. The first-order chi connectivity index (χ1) is 10.2. The topological polar surface area (TPSA) is 30.5 Å². The molecule has 0 radical (unpaired) electrons. The van der Waals surface area contributed by atoms with E-state index in [1.807, 2.05) is 18.2 Å². The van der Waals surface area contributed by atoms with Gasteiger partial charge in [-0.15, -0.1) is 11.3 Å². The van der Waals surface area contributed by atoms with Crippen LogP contribution in [-0.4, -0.2) is 20.3 Å². The Morgan fingerprint density at radius 1 is 1.19 bits per heavy atom. The lowest BCUT2D eigenvalue weighted by molar-refractivity contribution is 0.199. The maximum atomic E-state index is 5.86. The van der Waals surface area contributed by atoms with Gasteiger partial charge in [-0.1, -0.05) is 15.9 Å². The van der Waals surface area contributed by atoms with Crippen LogP contribution in [0, 0.1) is 0 Å². The number of hydrogen-bond donors (Lipinski definition) is 1. The molecule has 21 heavy (non-hydrogen) atoms. The molecular weight excluding hydrogens is 418 g/mol. The molecule has 2 aromatic rings. The monoisotopic (exact) mass is 433 g/mol. The maximum absolute atomic E-state index is 5.86. The molecule has 114 valence electrons. The number of rotatable bonds is 8. The van der Waals surface area contributed by atoms with E-state index in [4.69, 9.17) is 9.47 Å². The Labute approximate surface area is 145 Å².